The number of amides is 1. The van der Waals surface area contributed by atoms with Gasteiger partial charge in [0.25, 0.3) is 5.91 Å². The number of oxime groups is 1. The molecule has 1 aliphatic heterocycles. The lowest BCUT2D eigenvalue weighted by Gasteiger charge is -2.33. The molecule has 2 N–H and O–H groups in total. The molecule has 2 atom stereocenters. The third-order valence-corrected chi connectivity index (χ3v) is 4.72. The second-order valence-electron chi connectivity index (χ2n) is 6.58. The van der Waals surface area contributed by atoms with Crippen LogP contribution in [0.1, 0.15) is 31.7 Å². The van der Waals surface area contributed by atoms with Gasteiger partial charge in [-0.15, -0.1) is 13.2 Å². The number of nitrogens with zero attached hydrogens (tertiary/aromatic N) is 1. The van der Waals surface area contributed by atoms with Gasteiger partial charge < -0.3 is 15.3 Å². The van der Waals surface area contributed by atoms with Gasteiger partial charge in [-0.05, 0) is 37.5 Å². The van der Waals surface area contributed by atoms with Gasteiger partial charge in [-0.1, -0.05) is 41.0 Å². The van der Waals surface area contributed by atoms with E-state index in [-0.39, 0.29) is 5.91 Å². The van der Waals surface area contributed by atoms with E-state index in [1.807, 2.05) is 24.3 Å². The molecule has 26 heavy (non-hydrogen) atoms. The van der Waals surface area contributed by atoms with Gasteiger partial charge in [-0.25, -0.2) is 0 Å². The molecule has 1 aliphatic rings. The van der Waals surface area contributed by atoms with E-state index in [4.69, 9.17) is 16.4 Å². The summed E-state index contributed by atoms with van der Waals surface area (Å²) in [6.07, 6.45) is 4.26. The van der Waals surface area contributed by atoms with E-state index in [1.54, 1.807) is 19.1 Å². The molecule has 0 bridgehead atoms. The van der Waals surface area contributed by atoms with Crippen LogP contribution < -0.4 is 5.32 Å². The molecule has 0 aromatic heterocycles. The lowest BCUT2D eigenvalue weighted by Crippen LogP contribution is -2.52. The van der Waals surface area contributed by atoms with Crippen molar-refractivity contribution in [3.63, 3.8) is 0 Å². The maximum Gasteiger partial charge on any atom is 0.264 e. The molecule has 0 saturated carbocycles. The molecule has 0 aliphatic carbocycles. The molecule has 140 valence electrons. The lowest BCUT2D eigenvalue weighted by molar-refractivity contribution is -0.134. The van der Waals surface area contributed by atoms with Crippen LogP contribution in [-0.4, -0.2) is 34.5 Å². The normalized spacial score (nSPS) is 17.8. The first-order valence-corrected chi connectivity index (χ1v) is 8.96. The number of benzene rings is 1. The average molecular weight is 377 g/mol. The van der Waals surface area contributed by atoms with E-state index in [1.165, 1.54) is 0 Å². The summed E-state index contributed by atoms with van der Waals surface area (Å²) in [6, 6.07) is 7.02. The monoisotopic (exact) mass is 376 g/mol. The van der Waals surface area contributed by atoms with Crippen LogP contribution in [0, 0.1) is 0 Å². The first-order valence-electron chi connectivity index (χ1n) is 8.58. The molecule has 0 unspecified atom stereocenters. The Bertz CT molecular complexity index is 692. The van der Waals surface area contributed by atoms with E-state index in [9.17, 15) is 9.90 Å². The van der Waals surface area contributed by atoms with Gasteiger partial charge >= 0.3 is 0 Å². The molecule has 1 aromatic rings. The highest BCUT2D eigenvalue weighted by molar-refractivity contribution is 6.30. The van der Waals surface area contributed by atoms with Crippen molar-refractivity contribution in [3.8, 4) is 0 Å². The number of carbonyl (C=O) groups excluding carboxylic acids is 1. The Balaban J connectivity index is 1.91. The Hall–Kier alpha value is -2.11. The molecule has 1 aromatic carbocycles. The van der Waals surface area contributed by atoms with Crippen molar-refractivity contribution in [1.29, 1.82) is 0 Å². The number of rotatable bonds is 9. The molecule has 1 heterocycles. The summed E-state index contributed by atoms with van der Waals surface area (Å²) in [5.41, 5.74) is 0.676. The molecule has 2 rings (SSSR count). The lowest BCUT2D eigenvalue weighted by atomic mass is 9.88. The van der Waals surface area contributed by atoms with Crippen LogP contribution in [0.4, 0.5) is 0 Å². The molecule has 5 nitrogen and oxygen atoms in total. The maximum atomic E-state index is 12.5. The van der Waals surface area contributed by atoms with E-state index in [2.05, 4.69) is 23.6 Å². The number of aliphatic hydroxyl groups is 1. The molecule has 0 saturated heterocycles. The summed E-state index contributed by atoms with van der Waals surface area (Å²) in [5, 5.41) is 18.2. The molecule has 0 fully saturated rings. The zero-order chi connectivity index (χ0) is 19.2. The fourth-order valence-electron chi connectivity index (χ4n) is 2.93. The van der Waals surface area contributed by atoms with Crippen molar-refractivity contribution in [2.75, 3.05) is 0 Å². The summed E-state index contributed by atoms with van der Waals surface area (Å²) < 4.78 is 0. The highest BCUT2D eigenvalue weighted by Crippen LogP contribution is 2.22. The van der Waals surface area contributed by atoms with Crippen LogP contribution in [0.3, 0.4) is 0 Å². The zero-order valence-electron chi connectivity index (χ0n) is 15.0. The minimum Gasteiger partial charge on any atom is -0.387 e. The van der Waals surface area contributed by atoms with Gasteiger partial charge in [0.05, 0.1) is 17.4 Å². The van der Waals surface area contributed by atoms with Crippen LogP contribution in [-0.2, 0) is 16.1 Å². The minimum atomic E-state index is -1.12. The molecular formula is C20H25ClN2O3. The molecule has 0 spiro atoms. The summed E-state index contributed by atoms with van der Waals surface area (Å²) in [7, 11) is 0. The smallest absolute Gasteiger partial charge is 0.264 e. The van der Waals surface area contributed by atoms with E-state index in [0.29, 0.717) is 30.7 Å². The SMILES string of the molecule is C=CCC(O)(CC=C)[C@H](C)NC(=O)[C@@H]1CC(Cc2cccc(Cl)c2)=NO1. The van der Waals surface area contributed by atoms with Crippen molar-refractivity contribution in [1.82, 2.24) is 5.32 Å². The predicted molar refractivity (Wildman–Crippen MR) is 104 cm³/mol. The largest absolute Gasteiger partial charge is 0.387 e. The Morgan fingerprint density at radius 1 is 1.50 bits per heavy atom. The maximum absolute atomic E-state index is 12.5. The van der Waals surface area contributed by atoms with Crippen LogP contribution >= 0.6 is 11.6 Å². The molecule has 6 heteroatoms. The zero-order valence-corrected chi connectivity index (χ0v) is 15.7. The average Bonchev–Trinajstić information content (AvgIpc) is 3.04. The van der Waals surface area contributed by atoms with Crippen molar-refractivity contribution >= 4 is 23.2 Å². The van der Waals surface area contributed by atoms with E-state index < -0.39 is 17.7 Å². The second-order valence-corrected chi connectivity index (χ2v) is 7.02. The predicted octanol–water partition coefficient (Wildman–Crippen LogP) is 3.42. The number of nitrogens with one attached hydrogen (secondary N) is 1. The molecule has 1 amide bonds. The number of hydrogen-bond acceptors (Lipinski definition) is 4. The van der Waals surface area contributed by atoms with Crippen LogP contribution in [0.15, 0.2) is 54.7 Å². The Labute approximate surface area is 159 Å². The molecular weight excluding hydrogens is 352 g/mol. The highest BCUT2D eigenvalue weighted by atomic mass is 35.5. The number of hydrogen-bond donors (Lipinski definition) is 2. The Morgan fingerprint density at radius 3 is 2.81 bits per heavy atom. The second kappa shape index (κ2) is 9.01. The minimum absolute atomic E-state index is 0.297. The Morgan fingerprint density at radius 2 is 2.19 bits per heavy atom. The van der Waals surface area contributed by atoms with Crippen molar-refractivity contribution in [2.24, 2.45) is 5.16 Å². The summed E-state index contributed by atoms with van der Waals surface area (Å²) in [6.45, 7) is 9.08. The van der Waals surface area contributed by atoms with Gasteiger partial charge in [0.1, 0.15) is 0 Å². The van der Waals surface area contributed by atoms with Crippen LogP contribution in [0.25, 0.3) is 0 Å². The van der Waals surface area contributed by atoms with Gasteiger partial charge in [0, 0.05) is 17.9 Å². The summed E-state index contributed by atoms with van der Waals surface area (Å²) >= 11 is 5.99. The van der Waals surface area contributed by atoms with Crippen molar-refractivity contribution in [2.45, 2.75) is 50.4 Å². The van der Waals surface area contributed by atoms with Gasteiger partial charge in [-0.2, -0.15) is 0 Å². The fraction of sp³-hybridized carbons (Fsp3) is 0.400. The van der Waals surface area contributed by atoms with Gasteiger partial charge in [0.15, 0.2) is 0 Å². The van der Waals surface area contributed by atoms with Crippen molar-refractivity contribution < 1.29 is 14.7 Å². The number of halogens is 1. The topological polar surface area (TPSA) is 70.9 Å². The standard InChI is InChI=1S/C20H25ClN2O3/c1-4-9-20(25,10-5-2)14(3)22-19(24)18-13-17(23-26-18)12-15-7-6-8-16(21)11-15/h4-8,11,14,18,25H,1-2,9-10,12-13H2,3H3,(H,22,24)/t14-,18-/m0/s1. The first-order chi connectivity index (χ1) is 12.4. The van der Waals surface area contributed by atoms with Gasteiger partial charge in [-0.3, -0.25) is 4.79 Å². The quantitative estimate of drug-likeness (QED) is 0.649. The van der Waals surface area contributed by atoms with Crippen molar-refractivity contribution in [3.05, 3.63) is 60.2 Å². The summed E-state index contributed by atoms with van der Waals surface area (Å²) in [4.78, 5) is 17.8. The van der Waals surface area contributed by atoms with Crippen LogP contribution in [0.2, 0.25) is 5.02 Å². The van der Waals surface area contributed by atoms with E-state index >= 15 is 0 Å². The fourth-order valence-corrected chi connectivity index (χ4v) is 3.14. The number of carbonyl (C=O) groups is 1. The van der Waals surface area contributed by atoms with Gasteiger partial charge in [0.2, 0.25) is 6.10 Å². The third-order valence-electron chi connectivity index (χ3n) is 4.48. The molecule has 0 radical (unpaired) electrons. The van der Waals surface area contributed by atoms with E-state index in [0.717, 1.165) is 11.3 Å². The first kappa shape index (κ1) is 20.2. The Kier molecular flexibility index (Phi) is 7.00. The third kappa shape index (κ3) is 5.19. The van der Waals surface area contributed by atoms with Crippen LogP contribution in [0.5, 0.6) is 0 Å². The highest BCUT2D eigenvalue weighted by Gasteiger charge is 2.35. The summed E-state index contributed by atoms with van der Waals surface area (Å²) in [5.74, 6) is -0.297.